The molecule has 2 atom stereocenters. The third-order valence-corrected chi connectivity index (χ3v) is 3.46. The Kier molecular flexibility index (Phi) is 6.00. The first-order valence-corrected chi connectivity index (χ1v) is 6.45. The largest absolute Gasteiger partial charge is 0.376 e. The maximum atomic E-state index is 8.43. The van der Waals surface area contributed by atoms with Gasteiger partial charge in [0.15, 0.2) is 0 Å². The zero-order valence-electron chi connectivity index (χ0n) is 8.94. The molecule has 2 nitrogen and oxygen atoms in total. The van der Waals surface area contributed by atoms with Gasteiger partial charge in [0.25, 0.3) is 0 Å². The lowest BCUT2D eigenvalue weighted by Gasteiger charge is -2.15. The van der Waals surface area contributed by atoms with Crippen LogP contribution in [0.15, 0.2) is 30.3 Å². The molecule has 3 heteroatoms. The summed E-state index contributed by atoms with van der Waals surface area (Å²) in [7, 11) is 2.55. The Hall–Kier alpha value is -0.900. The van der Waals surface area contributed by atoms with E-state index in [9.17, 15) is 0 Å². The Bertz CT molecular complexity index is 307. The molecule has 0 fully saturated rings. The first-order chi connectivity index (χ1) is 7.38. The monoisotopic (exact) mass is 221 g/mol. The molecular formula is C12H16NOP. The van der Waals surface area contributed by atoms with E-state index >= 15 is 0 Å². The van der Waals surface area contributed by atoms with Crippen LogP contribution in [0.4, 0.5) is 0 Å². The molecule has 0 aliphatic heterocycles. The van der Waals surface area contributed by atoms with Crippen LogP contribution in [-0.2, 0) is 4.74 Å². The van der Waals surface area contributed by atoms with E-state index < -0.39 is 0 Å². The zero-order chi connectivity index (χ0) is 10.9. The van der Waals surface area contributed by atoms with E-state index in [-0.39, 0.29) is 6.10 Å². The van der Waals surface area contributed by atoms with Crippen LogP contribution < -0.4 is 0 Å². The maximum Gasteiger partial charge on any atom is 0.0857 e. The van der Waals surface area contributed by atoms with Gasteiger partial charge in [-0.3, -0.25) is 0 Å². The fourth-order valence-corrected chi connectivity index (χ4v) is 2.54. The molecule has 0 radical (unpaired) electrons. The van der Waals surface area contributed by atoms with E-state index in [4.69, 9.17) is 10.00 Å². The minimum absolute atomic E-state index is 0.184. The lowest BCUT2D eigenvalue weighted by Crippen LogP contribution is -2.03. The summed E-state index contributed by atoms with van der Waals surface area (Å²) in [5.74, 6) is 0. The van der Waals surface area contributed by atoms with Gasteiger partial charge < -0.3 is 4.74 Å². The molecule has 1 aromatic carbocycles. The van der Waals surface area contributed by atoms with Gasteiger partial charge in [0.05, 0.1) is 12.2 Å². The van der Waals surface area contributed by atoms with Crippen molar-refractivity contribution in [2.45, 2.75) is 12.5 Å². The van der Waals surface area contributed by atoms with Crippen LogP contribution in [0.2, 0.25) is 0 Å². The number of nitriles is 1. The summed E-state index contributed by atoms with van der Waals surface area (Å²) < 4.78 is 5.44. The maximum absolute atomic E-state index is 8.43. The Labute approximate surface area is 93.0 Å². The molecule has 80 valence electrons. The molecule has 0 bridgehead atoms. The standard InChI is InChI=1S/C12H16NOP/c1-14-12(10-15-9-5-8-13)11-6-3-2-4-7-11/h2-4,6-7,12,15H,5,9-10H2,1H3. The van der Waals surface area contributed by atoms with E-state index in [1.54, 1.807) is 7.11 Å². The van der Waals surface area contributed by atoms with Gasteiger partial charge in [-0.05, 0) is 17.9 Å². The molecule has 0 spiro atoms. The number of benzene rings is 1. The molecule has 0 aliphatic carbocycles. The lowest BCUT2D eigenvalue weighted by molar-refractivity contribution is 0.123. The van der Waals surface area contributed by atoms with Crippen LogP contribution in [0.3, 0.4) is 0 Å². The molecule has 0 amide bonds. The van der Waals surface area contributed by atoms with Crippen LogP contribution >= 0.6 is 8.58 Å². The summed E-state index contributed by atoms with van der Waals surface area (Å²) in [6.07, 6.45) is 2.85. The second-order valence-corrected chi connectivity index (χ2v) is 4.66. The Balaban J connectivity index is 2.40. The highest BCUT2D eigenvalue weighted by Gasteiger charge is 2.08. The number of hydrogen-bond donors (Lipinski definition) is 0. The molecule has 15 heavy (non-hydrogen) atoms. The topological polar surface area (TPSA) is 33.0 Å². The quantitative estimate of drug-likeness (QED) is 0.546. The molecule has 0 N–H and O–H groups in total. The van der Waals surface area contributed by atoms with Gasteiger partial charge in [-0.2, -0.15) is 5.26 Å². The lowest BCUT2D eigenvalue weighted by atomic mass is 10.1. The van der Waals surface area contributed by atoms with Crippen molar-refractivity contribution in [1.29, 1.82) is 5.26 Å². The van der Waals surface area contributed by atoms with E-state index in [1.807, 2.05) is 18.2 Å². The molecule has 0 aliphatic rings. The molecule has 0 saturated heterocycles. The Morgan fingerprint density at radius 3 is 2.73 bits per heavy atom. The van der Waals surface area contributed by atoms with Gasteiger partial charge in [-0.1, -0.05) is 30.3 Å². The third kappa shape index (κ3) is 4.42. The normalized spacial score (nSPS) is 12.8. The van der Waals surface area contributed by atoms with Crippen LogP contribution in [0.5, 0.6) is 0 Å². The number of rotatable bonds is 6. The van der Waals surface area contributed by atoms with E-state index in [0.29, 0.717) is 6.42 Å². The second kappa shape index (κ2) is 7.40. The Morgan fingerprint density at radius 1 is 1.40 bits per heavy atom. The molecule has 1 aromatic rings. The third-order valence-electron chi connectivity index (χ3n) is 2.20. The summed E-state index contributed by atoms with van der Waals surface area (Å²) in [6.45, 7) is 0. The van der Waals surface area contributed by atoms with Gasteiger partial charge in [0.2, 0.25) is 0 Å². The summed E-state index contributed by atoms with van der Waals surface area (Å²) >= 11 is 0. The van der Waals surface area contributed by atoms with Gasteiger partial charge in [-0.15, -0.1) is 8.58 Å². The number of ether oxygens (including phenoxy) is 1. The van der Waals surface area contributed by atoms with Crippen LogP contribution in [0.1, 0.15) is 18.1 Å². The average molecular weight is 221 g/mol. The minimum atomic E-state index is 0.184. The first-order valence-electron chi connectivity index (χ1n) is 5.04. The molecule has 2 unspecified atom stereocenters. The minimum Gasteiger partial charge on any atom is -0.376 e. The fourth-order valence-electron chi connectivity index (χ4n) is 1.38. The molecule has 1 rings (SSSR count). The van der Waals surface area contributed by atoms with Gasteiger partial charge in [0.1, 0.15) is 0 Å². The van der Waals surface area contributed by atoms with Crippen molar-refractivity contribution < 1.29 is 4.74 Å². The molecule has 0 heterocycles. The van der Waals surface area contributed by atoms with Crippen molar-refractivity contribution in [2.24, 2.45) is 0 Å². The second-order valence-electron chi connectivity index (χ2n) is 3.25. The van der Waals surface area contributed by atoms with E-state index in [1.165, 1.54) is 5.56 Å². The highest BCUT2D eigenvalue weighted by molar-refractivity contribution is 7.38. The van der Waals surface area contributed by atoms with Crippen molar-refractivity contribution in [3.63, 3.8) is 0 Å². The summed E-state index contributed by atoms with van der Waals surface area (Å²) in [5, 5.41) is 8.43. The van der Waals surface area contributed by atoms with Crippen molar-refractivity contribution in [3.8, 4) is 6.07 Å². The highest BCUT2D eigenvalue weighted by Crippen LogP contribution is 2.25. The predicted octanol–water partition coefficient (Wildman–Crippen LogP) is 2.97. The highest BCUT2D eigenvalue weighted by atomic mass is 31.1. The first kappa shape index (κ1) is 12.2. The predicted molar refractivity (Wildman–Crippen MR) is 64.5 cm³/mol. The summed E-state index contributed by atoms with van der Waals surface area (Å²) in [5.41, 5.74) is 1.23. The average Bonchev–Trinajstić information content (AvgIpc) is 2.30. The van der Waals surface area contributed by atoms with E-state index in [0.717, 1.165) is 20.9 Å². The summed E-state index contributed by atoms with van der Waals surface area (Å²) in [4.78, 5) is 0. The van der Waals surface area contributed by atoms with Crippen molar-refractivity contribution >= 4 is 8.58 Å². The van der Waals surface area contributed by atoms with Crippen molar-refractivity contribution in [2.75, 3.05) is 19.4 Å². The molecule has 0 saturated carbocycles. The molecule has 0 aromatic heterocycles. The SMILES string of the molecule is COC(CPCCC#N)c1ccccc1. The summed E-state index contributed by atoms with van der Waals surface area (Å²) in [6, 6.07) is 12.4. The smallest absolute Gasteiger partial charge is 0.0857 e. The van der Waals surface area contributed by atoms with Gasteiger partial charge in [-0.25, -0.2) is 0 Å². The fraction of sp³-hybridized carbons (Fsp3) is 0.417. The van der Waals surface area contributed by atoms with Gasteiger partial charge in [0, 0.05) is 13.5 Å². The van der Waals surface area contributed by atoms with Crippen LogP contribution in [0, 0.1) is 11.3 Å². The van der Waals surface area contributed by atoms with Crippen molar-refractivity contribution in [1.82, 2.24) is 0 Å². The van der Waals surface area contributed by atoms with Crippen LogP contribution in [0.25, 0.3) is 0 Å². The number of nitrogens with zero attached hydrogens (tertiary/aromatic N) is 1. The Morgan fingerprint density at radius 2 is 2.13 bits per heavy atom. The number of methoxy groups -OCH3 is 1. The van der Waals surface area contributed by atoms with Crippen LogP contribution in [-0.4, -0.2) is 19.4 Å². The van der Waals surface area contributed by atoms with E-state index in [2.05, 4.69) is 18.2 Å². The molecular weight excluding hydrogens is 205 g/mol. The number of hydrogen-bond acceptors (Lipinski definition) is 2. The zero-order valence-corrected chi connectivity index (χ0v) is 9.94. The van der Waals surface area contributed by atoms with Crippen molar-refractivity contribution in [3.05, 3.63) is 35.9 Å². The van der Waals surface area contributed by atoms with Gasteiger partial charge >= 0.3 is 0 Å².